The van der Waals surface area contributed by atoms with Gasteiger partial charge in [0, 0.05) is 24.0 Å². The van der Waals surface area contributed by atoms with E-state index in [2.05, 4.69) is 6.58 Å². The molecule has 0 saturated heterocycles. The van der Waals surface area contributed by atoms with E-state index < -0.39 is 10.0 Å². The number of carbonyl (C=O) groups excluding carboxylic acids is 1. The van der Waals surface area contributed by atoms with Crippen LogP contribution >= 0.6 is 22.9 Å². The van der Waals surface area contributed by atoms with Gasteiger partial charge in [0.1, 0.15) is 5.75 Å². The third-order valence-corrected chi connectivity index (χ3v) is 7.79. The third-order valence-electron chi connectivity index (χ3n) is 4.79. The average Bonchev–Trinajstić information content (AvgIpc) is 3.22. The first kappa shape index (κ1) is 23.8. The molecule has 32 heavy (non-hydrogen) atoms. The van der Waals surface area contributed by atoms with Crippen LogP contribution < -0.4 is 9.04 Å². The Morgan fingerprint density at radius 3 is 2.47 bits per heavy atom. The molecule has 0 bridgehead atoms. The van der Waals surface area contributed by atoms with Gasteiger partial charge in [0.25, 0.3) is 15.9 Å². The van der Waals surface area contributed by atoms with Crippen LogP contribution in [0.5, 0.6) is 5.75 Å². The summed E-state index contributed by atoms with van der Waals surface area (Å²) in [5.74, 6) is 0.333. The van der Waals surface area contributed by atoms with E-state index in [9.17, 15) is 13.2 Å². The van der Waals surface area contributed by atoms with E-state index in [1.165, 1.54) is 34.8 Å². The van der Waals surface area contributed by atoms with Crippen molar-refractivity contribution in [1.29, 1.82) is 0 Å². The van der Waals surface area contributed by atoms with E-state index in [1.807, 2.05) is 6.07 Å². The van der Waals surface area contributed by atoms with E-state index in [4.69, 9.17) is 16.3 Å². The molecular weight excluding hydrogens is 468 g/mol. The number of amides is 1. The molecule has 1 amide bonds. The largest absolute Gasteiger partial charge is 0.497 e. The minimum atomic E-state index is -3.87. The molecule has 0 N–H and O–H groups in total. The predicted octanol–water partition coefficient (Wildman–Crippen LogP) is 5.06. The van der Waals surface area contributed by atoms with Gasteiger partial charge in [-0.3, -0.25) is 9.10 Å². The highest BCUT2D eigenvalue weighted by Gasteiger charge is 2.24. The summed E-state index contributed by atoms with van der Waals surface area (Å²) in [6, 6.07) is 16.4. The minimum Gasteiger partial charge on any atom is -0.497 e. The zero-order valence-electron chi connectivity index (χ0n) is 17.7. The molecule has 6 nitrogen and oxygen atoms in total. The zero-order chi connectivity index (χ0) is 23.3. The molecule has 3 rings (SSSR count). The third kappa shape index (κ3) is 5.32. The average molecular weight is 491 g/mol. The number of nitrogens with zero attached hydrogens (tertiary/aromatic N) is 2. The van der Waals surface area contributed by atoms with E-state index in [1.54, 1.807) is 60.6 Å². The monoisotopic (exact) mass is 490 g/mol. The topological polar surface area (TPSA) is 66.9 Å². The molecule has 9 heteroatoms. The smallest absolute Gasteiger partial charge is 0.264 e. The predicted molar refractivity (Wildman–Crippen MR) is 129 cm³/mol. The lowest BCUT2D eigenvalue weighted by Crippen LogP contribution is -2.31. The maximum Gasteiger partial charge on any atom is 0.264 e. The highest BCUT2D eigenvalue weighted by atomic mass is 35.5. The molecule has 0 unspecified atom stereocenters. The number of methoxy groups -OCH3 is 1. The van der Waals surface area contributed by atoms with Gasteiger partial charge < -0.3 is 9.64 Å². The van der Waals surface area contributed by atoms with E-state index in [0.29, 0.717) is 28.9 Å². The molecule has 0 saturated carbocycles. The summed E-state index contributed by atoms with van der Waals surface area (Å²) in [5.41, 5.74) is 0.754. The maximum absolute atomic E-state index is 13.2. The van der Waals surface area contributed by atoms with Crippen molar-refractivity contribution in [2.24, 2.45) is 0 Å². The van der Waals surface area contributed by atoms with E-state index >= 15 is 0 Å². The Morgan fingerprint density at radius 2 is 1.88 bits per heavy atom. The van der Waals surface area contributed by atoms with Crippen LogP contribution in [0.4, 0.5) is 5.69 Å². The summed E-state index contributed by atoms with van der Waals surface area (Å²) in [4.78, 5) is 15.7. The Bertz CT molecular complexity index is 1210. The van der Waals surface area contributed by atoms with Gasteiger partial charge in [-0.05, 0) is 54.6 Å². The number of anilines is 1. The van der Waals surface area contributed by atoms with Gasteiger partial charge in [0.05, 0.1) is 28.6 Å². The van der Waals surface area contributed by atoms with Gasteiger partial charge in [-0.15, -0.1) is 17.9 Å². The molecule has 1 heterocycles. The Labute approximate surface area is 197 Å². The van der Waals surface area contributed by atoms with Crippen molar-refractivity contribution < 1.29 is 17.9 Å². The number of thiophene rings is 1. The fourth-order valence-corrected chi connectivity index (χ4v) is 5.41. The number of rotatable bonds is 9. The highest BCUT2D eigenvalue weighted by molar-refractivity contribution is 7.92. The molecule has 168 valence electrons. The fourth-order valence-electron chi connectivity index (χ4n) is 3.06. The number of hydrogen-bond donors (Lipinski definition) is 0. The van der Waals surface area contributed by atoms with Gasteiger partial charge in [0.15, 0.2) is 0 Å². The quantitative estimate of drug-likeness (QED) is 0.393. The van der Waals surface area contributed by atoms with Gasteiger partial charge in [-0.25, -0.2) is 8.42 Å². The zero-order valence-corrected chi connectivity index (χ0v) is 20.1. The Balaban J connectivity index is 1.87. The molecule has 2 aromatic carbocycles. The van der Waals surface area contributed by atoms with Gasteiger partial charge in [-0.2, -0.15) is 0 Å². The molecule has 1 aromatic heterocycles. The number of benzene rings is 2. The Kier molecular flexibility index (Phi) is 7.60. The van der Waals surface area contributed by atoms with Crippen LogP contribution in [0, 0.1) is 0 Å². The highest BCUT2D eigenvalue weighted by Crippen LogP contribution is 2.26. The number of carbonyl (C=O) groups is 1. The number of ether oxygens (including phenoxy) is 1. The van der Waals surface area contributed by atoms with Gasteiger partial charge >= 0.3 is 0 Å². The number of halogens is 1. The summed E-state index contributed by atoms with van der Waals surface area (Å²) in [7, 11) is -0.864. The van der Waals surface area contributed by atoms with Crippen molar-refractivity contribution in [1.82, 2.24) is 4.90 Å². The second kappa shape index (κ2) is 10.2. The molecule has 0 aliphatic heterocycles. The van der Waals surface area contributed by atoms with Crippen LogP contribution in [0.15, 0.2) is 78.2 Å². The molecule has 0 spiro atoms. The molecule has 0 fully saturated rings. The molecular formula is C23H23ClN2O4S2. The van der Waals surface area contributed by atoms with E-state index in [-0.39, 0.29) is 16.4 Å². The van der Waals surface area contributed by atoms with Gasteiger partial charge in [0.2, 0.25) is 0 Å². The second-order valence-corrected chi connectivity index (χ2v) is 10.6. The summed E-state index contributed by atoms with van der Waals surface area (Å²) >= 11 is 7.39. The van der Waals surface area contributed by atoms with Crippen LogP contribution in [0.2, 0.25) is 4.34 Å². The molecule has 0 radical (unpaired) electrons. The van der Waals surface area contributed by atoms with Crippen LogP contribution in [0.3, 0.4) is 0 Å². The summed E-state index contributed by atoms with van der Waals surface area (Å²) < 4.78 is 33.3. The summed E-state index contributed by atoms with van der Waals surface area (Å²) in [6.07, 6.45) is 1.63. The molecule has 0 aliphatic rings. The van der Waals surface area contributed by atoms with Crippen molar-refractivity contribution in [3.05, 3.63) is 88.1 Å². The van der Waals surface area contributed by atoms with Crippen molar-refractivity contribution in [2.45, 2.75) is 11.4 Å². The van der Waals surface area contributed by atoms with Crippen molar-refractivity contribution >= 4 is 44.6 Å². The number of sulfonamides is 1. The van der Waals surface area contributed by atoms with Crippen LogP contribution in [0.25, 0.3) is 0 Å². The minimum absolute atomic E-state index is 0.0272. The lowest BCUT2D eigenvalue weighted by Gasteiger charge is -2.22. The Morgan fingerprint density at radius 1 is 1.16 bits per heavy atom. The second-order valence-electron chi connectivity index (χ2n) is 6.88. The maximum atomic E-state index is 13.2. The van der Waals surface area contributed by atoms with Crippen molar-refractivity contribution in [3.8, 4) is 5.75 Å². The summed E-state index contributed by atoms with van der Waals surface area (Å²) in [6.45, 7) is 4.39. The normalized spacial score (nSPS) is 11.1. The van der Waals surface area contributed by atoms with Crippen molar-refractivity contribution in [2.75, 3.05) is 25.0 Å². The van der Waals surface area contributed by atoms with Crippen LogP contribution in [-0.2, 0) is 16.6 Å². The first-order valence-corrected chi connectivity index (χ1v) is 12.3. The van der Waals surface area contributed by atoms with Crippen LogP contribution in [-0.4, -0.2) is 39.9 Å². The fraction of sp³-hybridized carbons (Fsp3) is 0.174. The lowest BCUT2D eigenvalue weighted by atomic mass is 10.2. The Hall–Kier alpha value is -2.81. The van der Waals surface area contributed by atoms with Crippen molar-refractivity contribution in [3.63, 3.8) is 0 Å². The molecule has 0 aliphatic carbocycles. The molecule has 3 aromatic rings. The lowest BCUT2D eigenvalue weighted by molar-refractivity contribution is 0.0764. The first-order chi connectivity index (χ1) is 15.3. The van der Waals surface area contributed by atoms with E-state index in [0.717, 1.165) is 4.88 Å². The SMILES string of the molecule is C=CCN(Cc1ccc(Cl)s1)C(=O)c1cccc(S(=O)(=O)N(C)c2ccc(OC)cc2)c1. The van der Waals surface area contributed by atoms with Crippen LogP contribution in [0.1, 0.15) is 15.2 Å². The van der Waals surface area contributed by atoms with Gasteiger partial charge in [-0.1, -0.05) is 23.7 Å². The number of hydrogen-bond acceptors (Lipinski definition) is 5. The first-order valence-electron chi connectivity index (χ1n) is 9.63. The summed E-state index contributed by atoms with van der Waals surface area (Å²) in [5, 5.41) is 0. The molecule has 0 atom stereocenters. The standard InChI is InChI=1S/C23H23ClN2O4S2/c1-4-14-26(16-20-12-13-22(24)31-20)23(27)17-6-5-7-21(15-17)32(28,29)25(2)18-8-10-19(30-3)11-9-18/h4-13,15H,1,14,16H2,2-3H3.